The van der Waals surface area contributed by atoms with E-state index in [1.54, 1.807) is 0 Å². The molecule has 0 saturated carbocycles. The number of nitrogens with zero attached hydrogens (tertiary/aromatic N) is 2. The molecule has 94 valence electrons. The Morgan fingerprint density at radius 1 is 1.16 bits per heavy atom. The largest absolute Gasteiger partial charge is 0.348 e. The van der Waals surface area contributed by atoms with Gasteiger partial charge in [0.2, 0.25) is 0 Å². The predicted molar refractivity (Wildman–Crippen MR) is 81.3 cm³/mol. The number of para-hydroxylation sites is 1. The van der Waals surface area contributed by atoms with Crippen molar-refractivity contribution < 1.29 is 0 Å². The fourth-order valence-electron chi connectivity index (χ4n) is 2.23. The molecule has 0 atom stereocenters. The SMILES string of the molecule is CC1=CC=C/C(=C/C=C2/C=Nc3ccccc32)N1C. The van der Waals surface area contributed by atoms with Gasteiger partial charge >= 0.3 is 0 Å². The number of allylic oxidation sites excluding steroid dienone is 7. The molecule has 0 saturated heterocycles. The molecule has 2 heteroatoms. The minimum absolute atomic E-state index is 1.05. The molecule has 0 spiro atoms. The van der Waals surface area contributed by atoms with E-state index in [-0.39, 0.29) is 0 Å². The van der Waals surface area contributed by atoms with Crippen molar-refractivity contribution in [2.24, 2.45) is 4.99 Å². The molecule has 0 fully saturated rings. The van der Waals surface area contributed by atoms with E-state index in [4.69, 9.17) is 0 Å². The van der Waals surface area contributed by atoms with Crippen LogP contribution in [0.15, 0.2) is 71.0 Å². The summed E-state index contributed by atoms with van der Waals surface area (Å²) in [6, 6.07) is 8.22. The summed E-state index contributed by atoms with van der Waals surface area (Å²) >= 11 is 0. The van der Waals surface area contributed by atoms with Gasteiger partial charge in [-0.25, -0.2) is 0 Å². The molecule has 0 radical (unpaired) electrons. The van der Waals surface area contributed by atoms with Crippen LogP contribution < -0.4 is 0 Å². The van der Waals surface area contributed by atoms with Crippen molar-refractivity contribution in [3.8, 4) is 0 Å². The Morgan fingerprint density at radius 3 is 2.89 bits per heavy atom. The van der Waals surface area contributed by atoms with Gasteiger partial charge in [0.05, 0.1) is 5.69 Å². The monoisotopic (exact) mass is 248 g/mol. The second-order valence-corrected chi connectivity index (χ2v) is 4.72. The zero-order valence-corrected chi connectivity index (χ0v) is 11.2. The lowest BCUT2D eigenvalue weighted by molar-refractivity contribution is 0.533. The molecule has 3 rings (SSSR count). The number of aliphatic imine (C=N–C) groups is 1. The summed E-state index contributed by atoms with van der Waals surface area (Å²) < 4.78 is 0. The van der Waals surface area contributed by atoms with Crippen LogP contribution >= 0.6 is 0 Å². The molecule has 2 aliphatic heterocycles. The summed E-state index contributed by atoms with van der Waals surface area (Å²) in [6.07, 6.45) is 12.5. The average Bonchev–Trinajstić information content (AvgIpc) is 2.84. The molecule has 1 aromatic rings. The summed E-state index contributed by atoms with van der Waals surface area (Å²) in [6.45, 7) is 2.11. The molecular formula is C17H16N2. The van der Waals surface area contributed by atoms with Crippen molar-refractivity contribution in [3.05, 3.63) is 71.6 Å². The van der Waals surface area contributed by atoms with Crippen LogP contribution in [0.2, 0.25) is 0 Å². The first-order valence-electron chi connectivity index (χ1n) is 6.40. The van der Waals surface area contributed by atoms with Gasteiger partial charge < -0.3 is 4.90 Å². The zero-order chi connectivity index (χ0) is 13.2. The number of benzene rings is 1. The van der Waals surface area contributed by atoms with E-state index in [9.17, 15) is 0 Å². The Bertz CT molecular complexity index is 658. The lowest BCUT2D eigenvalue weighted by atomic mass is 10.1. The molecular weight excluding hydrogens is 232 g/mol. The number of hydrogen-bond donors (Lipinski definition) is 0. The third kappa shape index (κ3) is 2.17. The zero-order valence-electron chi connectivity index (χ0n) is 11.2. The quantitative estimate of drug-likeness (QED) is 0.731. The Labute approximate surface area is 113 Å². The van der Waals surface area contributed by atoms with Gasteiger partial charge in [0, 0.05) is 35.8 Å². The Balaban J connectivity index is 1.91. The summed E-state index contributed by atoms with van der Waals surface area (Å²) in [4.78, 5) is 6.59. The van der Waals surface area contributed by atoms with E-state index in [1.807, 2.05) is 24.4 Å². The van der Waals surface area contributed by atoms with E-state index < -0.39 is 0 Å². The molecule has 0 amide bonds. The van der Waals surface area contributed by atoms with Gasteiger partial charge in [0.25, 0.3) is 0 Å². The van der Waals surface area contributed by atoms with Crippen LogP contribution in [0.1, 0.15) is 12.5 Å². The van der Waals surface area contributed by atoms with Crippen LogP contribution in [-0.4, -0.2) is 18.2 Å². The van der Waals surface area contributed by atoms with Crippen molar-refractivity contribution in [1.82, 2.24) is 4.90 Å². The molecule has 0 unspecified atom stereocenters. The minimum atomic E-state index is 1.05. The average molecular weight is 248 g/mol. The fourth-order valence-corrected chi connectivity index (χ4v) is 2.23. The second-order valence-electron chi connectivity index (χ2n) is 4.72. The predicted octanol–water partition coefficient (Wildman–Crippen LogP) is 4.08. The highest BCUT2D eigenvalue weighted by Gasteiger charge is 2.10. The Kier molecular flexibility index (Phi) is 2.92. The minimum Gasteiger partial charge on any atom is -0.348 e. The van der Waals surface area contributed by atoms with Gasteiger partial charge in [-0.15, -0.1) is 0 Å². The topological polar surface area (TPSA) is 15.6 Å². The number of fused-ring (bicyclic) bond motifs is 1. The molecule has 19 heavy (non-hydrogen) atoms. The van der Waals surface area contributed by atoms with Gasteiger partial charge in [-0.2, -0.15) is 0 Å². The lowest BCUT2D eigenvalue weighted by Crippen LogP contribution is -2.15. The fraction of sp³-hybridized carbons (Fsp3) is 0.118. The smallest absolute Gasteiger partial charge is 0.0708 e. The van der Waals surface area contributed by atoms with Gasteiger partial charge in [-0.3, -0.25) is 4.99 Å². The van der Waals surface area contributed by atoms with Crippen molar-refractivity contribution in [2.75, 3.05) is 7.05 Å². The Hall–Kier alpha value is -2.35. The normalized spacial score (nSPS) is 21.2. The molecule has 1 aromatic carbocycles. The van der Waals surface area contributed by atoms with Crippen LogP contribution in [0.3, 0.4) is 0 Å². The molecule has 2 nitrogen and oxygen atoms in total. The first-order valence-corrected chi connectivity index (χ1v) is 6.40. The third-order valence-corrected chi connectivity index (χ3v) is 3.51. The van der Waals surface area contributed by atoms with Gasteiger partial charge in [0.15, 0.2) is 0 Å². The van der Waals surface area contributed by atoms with E-state index in [0.29, 0.717) is 0 Å². The maximum atomic E-state index is 4.41. The maximum Gasteiger partial charge on any atom is 0.0708 e. The van der Waals surface area contributed by atoms with Crippen molar-refractivity contribution in [1.29, 1.82) is 0 Å². The Morgan fingerprint density at radius 2 is 2.00 bits per heavy atom. The first-order chi connectivity index (χ1) is 9.25. The van der Waals surface area contributed by atoms with E-state index >= 15 is 0 Å². The van der Waals surface area contributed by atoms with Crippen molar-refractivity contribution in [3.63, 3.8) is 0 Å². The van der Waals surface area contributed by atoms with E-state index in [1.165, 1.54) is 17.0 Å². The standard InChI is InChI=1S/C17H16N2/c1-13-6-5-7-15(19(13)2)11-10-14-12-18-17-9-4-3-8-16(14)17/h3-12H,1-2H3/b14-10-,15-11-. The highest BCUT2D eigenvalue weighted by molar-refractivity contribution is 6.16. The van der Waals surface area contributed by atoms with Gasteiger partial charge in [-0.05, 0) is 31.2 Å². The molecule has 2 heterocycles. The van der Waals surface area contributed by atoms with E-state index in [0.717, 1.165) is 11.3 Å². The van der Waals surface area contributed by atoms with Crippen LogP contribution in [-0.2, 0) is 0 Å². The molecule has 2 aliphatic rings. The van der Waals surface area contributed by atoms with Crippen LogP contribution in [0.25, 0.3) is 5.57 Å². The highest BCUT2D eigenvalue weighted by atomic mass is 15.1. The van der Waals surface area contributed by atoms with Gasteiger partial charge in [-0.1, -0.05) is 30.4 Å². The summed E-state index contributed by atoms with van der Waals surface area (Å²) in [5.41, 5.74) is 5.85. The second kappa shape index (κ2) is 4.73. The molecule has 0 aliphatic carbocycles. The van der Waals surface area contributed by atoms with Crippen LogP contribution in [0.5, 0.6) is 0 Å². The van der Waals surface area contributed by atoms with Crippen molar-refractivity contribution >= 4 is 17.5 Å². The first kappa shape index (κ1) is 11.7. The van der Waals surface area contributed by atoms with Crippen LogP contribution in [0, 0.1) is 0 Å². The maximum absolute atomic E-state index is 4.41. The molecule has 0 N–H and O–H groups in total. The number of likely N-dealkylation sites (N-methyl/N-ethyl adjacent to an activating group) is 1. The molecule has 0 aromatic heterocycles. The summed E-state index contributed by atoms with van der Waals surface area (Å²) in [7, 11) is 2.08. The number of rotatable bonds is 1. The van der Waals surface area contributed by atoms with Crippen molar-refractivity contribution in [2.45, 2.75) is 6.92 Å². The van der Waals surface area contributed by atoms with E-state index in [2.05, 4.69) is 60.3 Å². The summed E-state index contributed by atoms with van der Waals surface area (Å²) in [5.74, 6) is 0. The third-order valence-electron chi connectivity index (χ3n) is 3.51. The summed E-state index contributed by atoms with van der Waals surface area (Å²) in [5, 5.41) is 0. The highest BCUT2D eigenvalue weighted by Crippen LogP contribution is 2.31. The lowest BCUT2D eigenvalue weighted by Gasteiger charge is -2.23. The number of hydrogen-bond acceptors (Lipinski definition) is 2. The molecule has 0 bridgehead atoms. The van der Waals surface area contributed by atoms with Gasteiger partial charge in [0.1, 0.15) is 0 Å². The van der Waals surface area contributed by atoms with Crippen LogP contribution in [0.4, 0.5) is 5.69 Å².